The first-order valence-corrected chi connectivity index (χ1v) is 7.61. The lowest BCUT2D eigenvalue weighted by molar-refractivity contribution is 0.0560. The first-order chi connectivity index (χ1) is 7.31. The van der Waals surface area contributed by atoms with Gasteiger partial charge in [-0.1, -0.05) is 55.0 Å². The number of ether oxygens (including phenoxy) is 1. The largest absolute Gasteiger partial charge is 0.379 e. The molecule has 92 valence electrons. The van der Waals surface area contributed by atoms with Gasteiger partial charge in [0.15, 0.2) is 0 Å². The van der Waals surface area contributed by atoms with E-state index in [1.54, 1.807) is 0 Å². The number of hydrogen-bond acceptors (Lipinski definition) is 1. The predicted molar refractivity (Wildman–Crippen MR) is 71.8 cm³/mol. The number of hydrogen-bond donors (Lipinski definition) is 0. The van der Waals surface area contributed by atoms with E-state index in [4.69, 9.17) is 4.74 Å². The van der Waals surface area contributed by atoms with E-state index in [9.17, 15) is 0 Å². The lowest BCUT2D eigenvalue weighted by Crippen LogP contribution is -2.09. The highest BCUT2D eigenvalue weighted by Gasteiger charge is 2.01. The molecular weight excluding hydrogens is 252 g/mol. The van der Waals surface area contributed by atoms with Gasteiger partial charge in [0.1, 0.15) is 0 Å². The van der Waals surface area contributed by atoms with Gasteiger partial charge in [-0.15, -0.1) is 0 Å². The number of alkyl halides is 1. The summed E-state index contributed by atoms with van der Waals surface area (Å²) >= 11 is 3.44. The third-order valence-electron chi connectivity index (χ3n) is 2.64. The molecule has 0 N–H and O–H groups in total. The molecule has 0 radical (unpaired) electrons. The van der Waals surface area contributed by atoms with Crippen LogP contribution in [0.2, 0.25) is 0 Å². The summed E-state index contributed by atoms with van der Waals surface area (Å²) in [5.74, 6) is 0. The lowest BCUT2D eigenvalue weighted by atomic mass is 10.1. The summed E-state index contributed by atoms with van der Waals surface area (Å²) in [4.78, 5) is 0. The highest BCUT2D eigenvalue weighted by atomic mass is 79.9. The van der Waals surface area contributed by atoms with Crippen LogP contribution in [0.25, 0.3) is 0 Å². The molecule has 1 unspecified atom stereocenters. The van der Waals surface area contributed by atoms with Crippen molar-refractivity contribution < 1.29 is 4.74 Å². The normalized spacial score (nSPS) is 13.0. The molecule has 0 amide bonds. The van der Waals surface area contributed by atoms with Crippen LogP contribution < -0.4 is 0 Å². The maximum absolute atomic E-state index is 5.75. The van der Waals surface area contributed by atoms with Crippen LogP contribution in [0.4, 0.5) is 0 Å². The van der Waals surface area contributed by atoms with E-state index >= 15 is 0 Å². The average molecular weight is 279 g/mol. The molecule has 2 heteroatoms. The van der Waals surface area contributed by atoms with E-state index < -0.39 is 0 Å². The molecule has 1 nitrogen and oxygen atoms in total. The Hall–Kier alpha value is 0.440. The van der Waals surface area contributed by atoms with E-state index in [1.165, 1.54) is 51.4 Å². The summed E-state index contributed by atoms with van der Waals surface area (Å²) in [6.45, 7) is 5.40. The molecular formula is C13H27BrO. The van der Waals surface area contributed by atoms with E-state index in [2.05, 4.69) is 29.8 Å². The lowest BCUT2D eigenvalue weighted by Gasteiger charge is -2.12. The monoisotopic (exact) mass is 278 g/mol. The maximum Gasteiger partial charge on any atom is 0.0547 e. The van der Waals surface area contributed by atoms with Gasteiger partial charge in [-0.25, -0.2) is 0 Å². The molecule has 0 heterocycles. The molecule has 0 bridgehead atoms. The molecule has 0 aromatic rings. The molecule has 0 spiro atoms. The molecule has 0 aliphatic rings. The van der Waals surface area contributed by atoms with Crippen molar-refractivity contribution in [3.05, 3.63) is 0 Å². The highest BCUT2D eigenvalue weighted by Crippen LogP contribution is 2.08. The fourth-order valence-corrected chi connectivity index (χ4v) is 2.00. The van der Waals surface area contributed by atoms with Gasteiger partial charge in [-0.3, -0.25) is 0 Å². The third-order valence-corrected chi connectivity index (χ3v) is 3.21. The smallest absolute Gasteiger partial charge is 0.0547 e. The molecule has 1 atom stereocenters. The molecule has 0 aromatic carbocycles. The zero-order chi connectivity index (χ0) is 11.4. The summed E-state index contributed by atoms with van der Waals surface area (Å²) in [5.41, 5.74) is 0. The minimum Gasteiger partial charge on any atom is -0.379 e. The van der Waals surface area contributed by atoms with E-state index in [1.807, 2.05) is 0 Å². The summed E-state index contributed by atoms with van der Waals surface area (Å²) in [6.07, 6.45) is 10.9. The van der Waals surface area contributed by atoms with Crippen molar-refractivity contribution in [2.45, 2.75) is 71.3 Å². The predicted octanol–water partition coefficient (Wildman–Crippen LogP) is 4.93. The van der Waals surface area contributed by atoms with Gasteiger partial charge >= 0.3 is 0 Å². The van der Waals surface area contributed by atoms with E-state index in [0.29, 0.717) is 6.10 Å². The van der Waals surface area contributed by atoms with Gasteiger partial charge in [0.2, 0.25) is 0 Å². The zero-order valence-electron chi connectivity index (χ0n) is 10.4. The number of rotatable bonds is 11. The van der Waals surface area contributed by atoms with Crippen molar-refractivity contribution in [3.8, 4) is 0 Å². The minimum atomic E-state index is 0.464. The first-order valence-electron chi connectivity index (χ1n) is 6.48. The van der Waals surface area contributed by atoms with Crippen LogP contribution in [-0.4, -0.2) is 18.0 Å². The Morgan fingerprint density at radius 1 is 1.00 bits per heavy atom. The summed E-state index contributed by atoms with van der Waals surface area (Å²) in [7, 11) is 0. The molecule has 0 saturated heterocycles. The molecule has 0 fully saturated rings. The molecule has 0 aliphatic carbocycles. The minimum absolute atomic E-state index is 0.464. The van der Waals surface area contributed by atoms with Gasteiger partial charge in [0, 0.05) is 11.9 Å². The molecule has 0 rings (SSSR count). The molecule has 0 saturated carbocycles. The maximum atomic E-state index is 5.75. The second kappa shape index (κ2) is 12.5. The summed E-state index contributed by atoms with van der Waals surface area (Å²) in [6, 6.07) is 0. The fourth-order valence-electron chi connectivity index (χ4n) is 1.60. The SMILES string of the molecule is CCCCCCC(C)OCCCCCBr. The van der Waals surface area contributed by atoms with Gasteiger partial charge < -0.3 is 4.74 Å². The Morgan fingerprint density at radius 3 is 2.40 bits per heavy atom. The van der Waals surface area contributed by atoms with Crippen LogP contribution in [0.5, 0.6) is 0 Å². The Kier molecular flexibility index (Phi) is 12.9. The molecule has 0 aliphatic heterocycles. The van der Waals surface area contributed by atoms with Crippen LogP contribution in [0.1, 0.15) is 65.2 Å². The van der Waals surface area contributed by atoms with Gasteiger partial charge in [-0.2, -0.15) is 0 Å². The van der Waals surface area contributed by atoms with Gasteiger partial charge in [-0.05, 0) is 26.2 Å². The molecule has 15 heavy (non-hydrogen) atoms. The number of unbranched alkanes of at least 4 members (excludes halogenated alkanes) is 5. The van der Waals surface area contributed by atoms with Crippen molar-refractivity contribution in [2.75, 3.05) is 11.9 Å². The Morgan fingerprint density at radius 2 is 1.73 bits per heavy atom. The van der Waals surface area contributed by atoms with Crippen LogP contribution in [0.3, 0.4) is 0 Å². The van der Waals surface area contributed by atoms with Crippen molar-refractivity contribution in [2.24, 2.45) is 0 Å². The Labute approximate surface area is 104 Å². The standard InChI is InChI=1S/C13H27BrO/c1-3-4-5-7-10-13(2)15-12-9-6-8-11-14/h13H,3-12H2,1-2H3. The van der Waals surface area contributed by atoms with Crippen molar-refractivity contribution >= 4 is 15.9 Å². The summed E-state index contributed by atoms with van der Waals surface area (Å²) in [5, 5.41) is 1.12. The van der Waals surface area contributed by atoms with Crippen LogP contribution >= 0.6 is 15.9 Å². The van der Waals surface area contributed by atoms with Crippen LogP contribution in [-0.2, 0) is 4.74 Å². The zero-order valence-corrected chi connectivity index (χ0v) is 12.0. The first kappa shape index (κ1) is 15.4. The fraction of sp³-hybridized carbons (Fsp3) is 1.00. The van der Waals surface area contributed by atoms with Gasteiger partial charge in [0.25, 0.3) is 0 Å². The van der Waals surface area contributed by atoms with Crippen LogP contribution in [0.15, 0.2) is 0 Å². The number of halogens is 1. The molecule has 0 aromatic heterocycles. The second-order valence-corrected chi connectivity index (χ2v) is 5.07. The Bertz CT molecular complexity index is 117. The van der Waals surface area contributed by atoms with E-state index in [-0.39, 0.29) is 0 Å². The van der Waals surface area contributed by atoms with E-state index in [0.717, 1.165) is 11.9 Å². The topological polar surface area (TPSA) is 9.23 Å². The Balaban J connectivity index is 3.08. The van der Waals surface area contributed by atoms with Gasteiger partial charge in [0.05, 0.1) is 6.10 Å². The highest BCUT2D eigenvalue weighted by molar-refractivity contribution is 9.09. The summed E-state index contributed by atoms with van der Waals surface area (Å²) < 4.78 is 5.75. The second-order valence-electron chi connectivity index (χ2n) is 4.28. The quantitative estimate of drug-likeness (QED) is 0.385. The average Bonchev–Trinajstić information content (AvgIpc) is 2.24. The van der Waals surface area contributed by atoms with Crippen LogP contribution in [0, 0.1) is 0 Å². The van der Waals surface area contributed by atoms with Crippen molar-refractivity contribution in [1.82, 2.24) is 0 Å². The third kappa shape index (κ3) is 12.4. The van der Waals surface area contributed by atoms with Crippen molar-refractivity contribution in [3.63, 3.8) is 0 Å². The van der Waals surface area contributed by atoms with Crippen molar-refractivity contribution in [1.29, 1.82) is 0 Å².